The number of ether oxygens (including phenoxy) is 1. The van der Waals surface area contributed by atoms with E-state index < -0.39 is 0 Å². The van der Waals surface area contributed by atoms with Gasteiger partial charge in [-0.2, -0.15) is 0 Å². The second-order valence-electron chi connectivity index (χ2n) is 4.59. The Hall–Kier alpha value is -1.35. The Morgan fingerprint density at radius 1 is 1.44 bits per heavy atom. The molecule has 1 aromatic carbocycles. The predicted octanol–water partition coefficient (Wildman–Crippen LogP) is 3.48. The Bertz CT molecular complexity index is 442. The Labute approximate surface area is 108 Å². The average molecular weight is 249 g/mol. The molecule has 2 rings (SSSR count). The first-order valence-electron chi connectivity index (χ1n) is 6.54. The molecule has 1 unspecified atom stereocenters. The second-order valence-corrected chi connectivity index (χ2v) is 4.59. The van der Waals surface area contributed by atoms with Crippen molar-refractivity contribution < 1.29 is 9.13 Å². The number of nitrogens with one attached hydrogen (secondary N) is 1. The van der Waals surface area contributed by atoms with Gasteiger partial charge in [0.25, 0.3) is 0 Å². The zero-order valence-corrected chi connectivity index (χ0v) is 11.0. The first kappa shape index (κ1) is 13.1. The Morgan fingerprint density at radius 2 is 2.28 bits per heavy atom. The van der Waals surface area contributed by atoms with Gasteiger partial charge in [-0.05, 0) is 55.6 Å². The first-order chi connectivity index (χ1) is 8.72. The van der Waals surface area contributed by atoms with Crippen molar-refractivity contribution >= 4 is 0 Å². The zero-order chi connectivity index (χ0) is 13.0. The molecule has 1 aromatic rings. The maximum absolute atomic E-state index is 13.2. The van der Waals surface area contributed by atoms with Crippen LogP contribution in [-0.2, 0) is 4.74 Å². The molecule has 98 valence electrons. The van der Waals surface area contributed by atoms with Crippen LogP contribution in [0.1, 0.15) is 36.9 Å². The normalized spacial score (nSPS) is 16.9. The van der Waals surface area contributed by atoms with Gasteiger partial charge in [-0.3, -0.25) is 0 Å². The fourth-order valence-corrected chi connectivity index (χ4v) is 2.31. The van der Waals surface area contributed by atoms with Crippen molar-refractivity contribution in [3.05, 3.63) is 47.0 Å². The van der Waals surface area contributed by atoms with Crippen LogP contribution in [0, 0.1) is 12.7 Å². The van der Waals surface area contributed by atoms with Crippen molar-refractivity contribution in [2.75, 3.05) is 13.2 Å². The molecule has 0 aliphatic carbocycles. The summed E-state index contributed by atoms with van der Waals surface area (Å²) in [7, 11) is 0. The summed E-state index contributed by atoms with van der Waals surface area (Å²) in [6, 6.07) is 4.96. The van der Waals surface area contributed by atoms with Crippen LogP contribution >= 0.6 is 0 Å². The van der Waals surface area contributed by atoms with Crippen LogP contribution < -0.4 is 5.32 Å². The van der Waals surface area contributed by atoms with Crippen molar-refractivity contribution in [1.82, 2.24) is 5.32 Å². The lowest BCUT2D eigenvalue weighted by Crippen LogP contribution is -2.26. The van der Waals surface area contributed by atoms with E-state index in [9.17, 15) is 4.39 Å². The molecular weight excluding hydrogens is 229 g/mol. The molecule has 0 saturated carbocycles. The number of hydrogen-bond acceptors (Lipinski definition) is 2. The van der Waals surface area contributed by atoms with Crippen LogP contribution in [0.25, 0.3) is 0 Å². The molecule has 0 radical (unpaired) electrons. The summed E-state index contributed by atoms with van der Waals surface area (Å²) in [6.45, 7) is 5.62. The molecule has 0 saturated heterocycles. The monoisotopic (exact) mass is 249 g/mol. The van der Waals surface area contributed by atoms with Gasteiger partial charge in [0.15, 0.2) is 0 Å². The fourth-order valence-electron chi connectivity index (χ4n) is 2.31. The molecule has 0 bridgehead atoms. The quantitative estimate of drug-likeness (QED) is 0.882. The van der Waals surface area contributed by atoms with Crippen molar-refractivity contribution in [2.24, 2.45) is 0 Å². The summed E-state index contributed by atoms with van der Waals surface area (Å²) in [4.78, 5) is 0. The summed E-state index contributed by atoms with van der Waals surface area (Å²) in [5, 5.41) is 3.41. The minimum atomic E-state index is -0.190. The molecule has 0 aromatic heterocycles. The van der Waals surface area contributed by atoms with Gasteiger partial charge >= 0.3 is 0 Å². The molecule has 0 fully saturated rings. The summed E-state index contributed by atoms with van der Waals surface area (Å²) < 4.78 is 18.9. The lowest BCUT2D eigenvalue weighted by molar-refractivity contribution is 0.168. The van der Waals surface area contributed by atoms with Gasteiger partial charge in [-0.1, -0.05) is 13.0 Å². The molecular formula is C15H20FNO. The Kier molecular flexibility index (Phi) is 4.37. The third-order valence-corrected chi connectivity index (χ3v) is 3.20. The number of allylic oxidation sites excluding steroid dienone is 1. The number of aryl methyl sites for hydroxylation is 1. The van der Waals surface area contributed by atoms with E-state index in [2.05, 4.69) is 18.3 Å². The molecule has 1 aliphatic heterocycles. The molecule has 1 heterocycles. The van der Waals surface area contributed by atoms with Gasteiger partial charge in [0.05, 0.1) is 12.6 Å². The van der Waals surface area contributed by atoms with Crippen molar-refractivity contribution in [2.45, 2.75) is 32.7 Å². The lowest BCUT2D eigenvalue weighted by atomic mass is 9.98. The number of benzene rings is 1. The van der Waals surface area contributed by atoms with E-state index >= 15 is 0 Å². The molecule has 2 nitrogen and oxygen atoms in total. The third kappa shape index (κ3) is 2.91. The number of halogens is 1. The van der Waals surface area contributed by atoms with Crippen LogP contribution in [-0.4, -0.2) is 13.2 Å². The van der Waals surface area contributed by atoms with Gasteiger partial charge < -0.3 is 10.1 Å². The maximum atomic E-state index is 13.2. The van der Waals surface area contributed by atoms with Gasteiger partial charge in [0.1, 0.15) is 11.6 Å². The highest BCUT2D eigenvalue weighted by Crippen LogP contribution is 2.28. The SMILES string of the molecule is CCNC(C1=CCCCO1)c1ccc(F)cc1C. The van der Waals surface area contributed by atoms with E-state index in [1.165, 1.54) is 6.07 Å². The summed E-state index contributed by atoms with van der Waals surface area (Å²) in [5.41, 5.74) is 2.04. The average Bonchev–Trinajstić information content (AvgIpc) is 2.38. The van der Waals surface area contributed by atoms with Gasteiger partial charge in [0, 0.05) is 0 Å². The lowest BCUT2D eigenvalue weighted by Gasteiger charge is -2.26. The standard InChI is InChI=1S/C15H20FNO/c1-3-17-15(14-6-4-5-9-18-14)13-8-7-12(16)10-11(13)2/h6-8,10,15,17H,3-5,9H2,1-2H3. The van der Waals surface area contributed by atoms with Crippen LogP contribution in [0.2, 0.25) is 0 Å². The third-order valence-electron chi connectivity index (χ3n) is 3.20. The summed E-state index contributed by atoms with van der Waals surface area (Å²) >= 11 is 0. The molecule has 1 N–H and O–H groups in total. The molecule has 1 atom stereocenters. The van der Waals surface area contributed by atoms with Crippen LogP contribution in [0.3, 0.4) is 0 Å². The zero-order valence-electron chi connectivity index (χ0n) is 11.0. The largest absolute Gasteiger partial charge is 0.496 e. The topological polar surface area (TPSA) is 21.3 Å². The molecule has 18 heavy (non-hydrogen) atoms. The van der Waals surface area contributed by atoms with E-state index in [1.807, 2.05) is 13.0 Å². The van der Waals surface area contributed by atoms with E-state index in [4.69, 9.17) is 4.74 Å². The maximum Gasteiger partial charge on any atom is 0.123 e. The Balaban J connectivity index is 2.31. The van der Waals surface area contributed by atoms with Crippen molar-refractivity contribution in [1.29, 1.82) is 0 Å². The second kappa shape index (κ2) is 6.01. The van der Waals surface area contributed by atoms with Crippen molar-refractivity contribution in [3.63, 3.8) is 0 Å². The van der Waals surface area contributed by atoms with E-state index in [0.717, 1.165) is 42.9 Å². The molecule has 0 spiro atoms. The molecule has 1 aliphatic rings. The smallest absolute Gasteiger partial charge is 0.123 e. The van der Waals surface area contributed by atoms with Gasteiger partial charge in [0.2, 0.25) is 0 Å². The van der Waals surface area contributed by atoms with E-state index in [0.29, 0.717) is 0 Å². The highest BCUT2D eigenvalue weighted by atomic mass is 19.1. The molecule has 0 amide bonds. The minimum Gasteiger partial charge on any atom is -0.496 e. The van der Waals surface area contributed by atoms with Crippen LogP contribution in [0.5, 0.6) is 0 Å². The minimum absolute atomic E-state index is 0.0379. The summed E-state index contributed by atoms with van der Waals surface area (Å²) in [5.74, 6) is 0.780. The fraction of sp³-hybridized carbons (Fsp3) is 0.467. The number of likely N-dealkylation sites (N-methyl/N-ethyl adjacent to an activating group) is 1. The highest BCUT2D eigenvalue weighted by Gasteiger charge is 2.20. The first-order valence-corrected chi connectivity index (χ1v) is 6.54. The Morgan fingerprint density at radius 3 is 2.89 bits per heavy atom. The molecule has 3 heteroatoms. The van der Waals surface area contributed by atoms with Crippen molar-refractivity contribution in [3.8, 4) is 0 Å². The number of rotatable bonds is 4. The van der Waals surface area contributed by atoms with Crippen LogP contribution in [0.15, 0.2) is 30.0 Å². The van der Waals surface area contributed by atoms with E-state index in [1.54, 1.807) is 6.07 Å². The predicted molar refractivity (Wildman–Crippen MR) is 70.8 cm³/mol. The van der Waals surface area contributed by atoms with Gasteiger partial charge in [-0.15, -0.1) is 0 Å². The summed E-state index contributed by atoms with van der Waals surface area (Å²) in [6.07, 6.45) is 4.27. The number of hydrogen-bond donors (Lipinski definition) is 1. The highest BCUT2D eigenvalue weighted by molar-refractivity contribution is 5.34. The van der Waals surface area contributed by atoms with Crippen LogP contribution in [0.4, 0.5) is 4.39 Å². The van der Waals surface area contributed by atoms with Gasteiger partial charge in [-0.25, -0.2) is 4.39 Å². The van der Waals surface area contributed by atoms with E-state index in [-0.39, 0.29) is 11.9 Å².